The van der Waals surface area contributed by atoms with Gasteiger partial charge in [0.1, 0.15) is 21.7 Å². The Hall–Kier alpha value is -3.18. The highest BCUT2D eigenvalue weighted by Gasteiger charge is 2.37. The number of imidazole rings is 1. The number of sulfone groups is 1. The van der Waals surface area contributed by atoms with Crippen LogP contribution in [-0.4, -0.2) is 70.9 Å². The van der Waals surface area contributed by atoms with Gasteiger partial charge >= 0.3 is 6.18 Å². The van der Waals surface area contributed by atoms with Crippen molar-refractivity contribution in [2.24, 2.45) is 0 Å². The Bertz CT molecular complexity index is 1330. The lowest BCUT2D eigenvalue weighted by Gasteiger charge is -2.35. The number of halogens is 3. The molecule has 0 unspecified atom stereocenters. The zero-order chi connectivity index (χ0) is 28.3. The topological polar surface area (TPSA) is 147 Å². The molecule has 2 heterocycles. The van der Waals surface area contributed by atoms with Gasteiger partial charge in [0.05, 0.1) is 18.0 Å². The number of carbonyl (C=O) groups is 1. The van der Waals surface area contributed by atoms with E-state index < -0.39 is 39.2 Å². The van der Waals surface area contributed by atoms with Crippen LogP contribution in [0.15, 0.2) is 12.3 Å². The molecule has 1 aliphatic rings. The minimum atomic E-state index is -4.33. The summed E-state index contributed by atoms with van der Waals surface area (Å²) in [7, 11) is -1.91. The molecule has 1 aliphatic carbocycles. The van der Waals surface area contributed by atoms with Gasteiger partial charge in [-0.1, -0.05) is 6.92 Å². The highest BCUT2D eigenvalue weighted by Crippen LogP contribution is 2.32. The quantitative estimate of drug-likeness (QED) is 0.478. The molecule has 0 aliphatic heterocycles. The third-order valence-corrected chi connectivity index (χ3v) is 8.33. The minimum absolute atomic E-state index is 0.0981. The molecule has 0 saturated heterocycles. The molecule has 208 valence electrons. The number of aryl methyl sites for hydroxylation is 2. The van der Waals surface area contributed by atoms with Crippen molar-refractivity contribution in [3.8, 4) is 17.6 Å². The van der Waals surface area contributed by atoms with Crippen molar-refractivity contribution >= 4 is 15.7 Å². The fourth-order valence-electron chi connectivity index (χ4n) is 4.47. The van der Waals surface area contributed by atoms with E-state index in [1.54, 1.807) is 6.92 Å². The van der Waals surface area contributed by atoms with Crippen LogP contribution in [0, 0.1) is 11.3 Å². The van der Waals surface area contributed by atoms with Crippen molar-refractivity contribution in [1.29, 1.82) is 5.26 Å². The lowest BCUT2D eigenvalue weighted by molar-refractivity contribution is -0.134. The lowest BCUT2D eigenvalue weighted by Crippen LogP contribution is -2.47. The van der Waals surface area contributed by atoms with E-state index in [1.165, 1.54) is 23.9 Å². The predicted molar refractivity (Wildman–Crippen MR) is 131 cm³/mol. The monoisotopic (exact) mass is 557 g/mol. The number of nitrogens with one attached hydrogen (secondary N) is 1. The van der Waals surface area contributed by atoms with Gasteiger partial charge in [-0.05, 0) is 43.7 Å². The normalized spacial score (nSPS) is 20.1. The molecule has 2 N–H and O–H groups in total. The van der Waals surface area contributed by atoms with Gasteiger partial charge in [-0.25, -0.2) is 18.4 Å². The van der Waals surface area contributed by atoms with Crippen molar-refractivity contribution in [3.05, 3.63) is 35.0 Å². The molecule has 0 bridgehead atoms. The summed E-state index contributed by atoms with van der Waals surface area (Å²) in [5.74, 6) is -0.208. The number of hydrogen-bond donors (Lipinski definition) is 2. The predicted octanol–water partition coefficient (Wildman–Crippen LogP) is 2.65. The van der Waals surface area contributed by atoms with Gasteiger partial charge in [-0.2, -0.15) is 18.4 Å². The molecular formula is C24H30F3N5O5S. The fourth-order valence-corrected chi connectivity index (χ4v) is 5.57. The molecule has 38 heavy (non-hydrogen) atoms. The van der Waals surface area contributed by atoms with Crippen molar-refractivity contribution < 1.29 is 36.2 Å². The van der Waals surface area contributed by atoms with Crippen molar-refractivity contribution in [2.45, 2.75) is 68.9 Å². The van der Waals surface area contributed by atoms with Gasteiger partial charge in [0.2, 0.25) is 0 Å². The molecule has 14 heteroatoms. The Kier molecular flexibility index (Phi) is 8.72. The summed E-state index contributed by atoms with van der Waals surface area (Å²) >= 11 is 0. The highest BCUT2D eigenvalue weighted by molar-refractivity contribution is 7.91. The molecule has 2 aromatic heterocycles. The standard InChI is InChI=1S/C24H30F3N5O5S/c1-4-19-31-20(22(33)30-14-23(34)8-6-16(7-9-23)38(3,35)36)17(12-28)32(19)21-18(37-2)11-15(13-29-21)5-10-24(25,26)27/h11,13,16,34H,4-10,14H2,1-3H3,(H,30,33). The Labute approximate surface area is 218 Å². The molecule has 0 atom stereocenters. The van der Waals surface area contributed by atoms with E-state index >= 15 is 0 Å². The highest BCUT2D eigenvalue weighted by atomic mass is 32.2. The number of aromatic nitrogens is 3. The maximum atomic E-state index is 13.0. The maximum absolute atomic E-state index is 13.0. The average Bonchev–Trinajstić information content (AvgIpc) is 3.23. The number of aliphatic hydroxyl groups is 1. The zero-order valence-electron chi connectivity index (χ0n) is 21.3. The molecule has 0 radical (unpaired) electrons. The molecule has 2 aromatic rings. The summed E-state index contributed by atoms with van der Waals surface area (Å²) in [5.41, 5.74) is -1.36. The zero-order valence-corrected chi connectivity index (χ0v) is 22.1. The van der Waals surface area contributed by atoms with Crippen molar-refractivity contribution in [2.75, 3.05) is 19.9 Å². The van der Waals surface area contributed by atoms with Crippen LogP contribution in [0.4, 0.5) is 13.2 Å². The van der Waals surface area contributed by atoms with Gasteiger partial charge in [0, 0.05) is 31.8 Å². The van der Waals surface area contributed by atoms with E-state index in [2.05, 4.69) is 15.3 Å². The van der Waals surface area contributed by atoms with E-state index in [0.29, 0.717) is 12.2 Å². The van der Waals surface area contributed by atoms with Gasteiger partial charge in [-0.15, -0.1) is 0 Å². The third kappa shape index (κ3) is 6.82. The summed E-state index contributed by atoms with van der Waals surface area (Å²) in [6.07, 6.45) is -2.04. The number of amides is 1. The molecule has 0 aromatic carbocycles. The summed E-state index contributed by atoms with van der Waals surface area (Å²) in [6, 6.07) is 3.34. The van der Waals surface area contributed by atoms with Crippen LogP contribution in [0.5, 0.6) is 5.75 Å². The van der Waals surface area contributed by atoms with Gasteiger partial charge in [0.15, 0.2) is 23.0 Å². The second kappa shape index (κ2) is 11.3. The number of methoxy groups -OCH3 is 1. The largest absolute Gasteiger partial charge is 0.493 e. The second-order valence-electron chi connectivity index (χ2n) is 9.45. The van der Waals surface area contributed by atoms with Gasteiger partial charge < -0.3 is 15.2 Å². The van der Waals surface area contributed by atoms with Gasteiger partial charge in [-0.3, -0.25) is 9.36 Å². The number of rotatable bonds is 9. The molecule has 10 nitrogen and oxygen atoms in total. The lowest BCUT2D eigenvalue weighted by atomic mass is 9.84. The van der Waals surface area contributed by atoms with Crippen LogP contribution in [0.25, 0.3) is 5.82 Å². The van der Waals surface area contributed by atoms with Crippen LogP contribution in [0.3, 0.4) is 0 Å². The number of nitrogens with zero attached hydrogens (tertiary/aromatic N) is 4. The Morgan fingerprint density at radius 2 is 2.03 bits per heavy atom. The van der Waals surface area contributed by atoms with Crippen LogP contribution in [0.1, 0.15) is 66.6 Å². The smallest absolute Gasteiger partial charge is 0.389 e. The Balaban J connectivity index is 1.85. The first kappa shape index (κ1) is 29.4. The van der Waals surface area contributed by atoms with E-state index in [-0.39, 0.29) is 67.2 Å². The van der Waals surface area contributed by atoms with E-state index in [9.17, 15) is 36.8 Å². The molecule has 1 fully saturated rings. The molecule has 0 spiro atoms. The number of pyridine rings is 1. The van der Waals surface area contributed by atoms with Crippen molar-refractivity contribution in [3.63, 3.8) is 0 Å². The van der Waals surface area contributed by atoms with E-state index in [0.717, 1.165) is 6.26 Å². The van der Waals surface area contributed by atoms with Crippen LogP contribution >= 0.6 is 0 Å². The first-order valence-corrected chi connectivity index (χ1v) is 14.0. The summed E-state index contributed by atoms with van der Waals surface area (Å²) in [6.45, 7) is 1.59. The Morgan fingerprint density at radius 3 is 2.55 bits per heavy atom. The number of carbonyl (C=O) groups excluding carboxylic acids is 1. The maximum Gasteiger partial charge on any atom is 0.389 e. The van der Waals surface area contributed by atoms with Crippen LogP contribution in [0.2, 0.25) is 0 Å². The third-order valence-electron chi connectivity index (χ3n) is 6.65. The van der Waals surface area contributed by atoms with E-state index in [1.807, 2.05) is 6.07 Å². The number of nitriles is 1. The fraction of sp³-hybridized carbons (Fsp3) is 0.583. The molecule has 1 saturated carbocycles. The summed E-state index contributed by atoms with van der Waals surface area (Å²) in [5, 5.41) is 22.8. The minimum Gasteiger partial charge on any atom is -0.493 e. The Morgan fingerprint density at radius 1 is 1.37 bits per heavy atom. The second-order valence-corrected chi connectivity index (χ2v) is 11.8. The number of hydrogen-bond acceptors (Lipinski definition) is 8. The average molecular weight is 558 g/mol. The first-order chi connectivity index (χ1) is 17.7. The SMILES string of the molecule is CCc1nc(C(=O)NCC2(O)CCC(S(C)(=O)=O)CC2)c(C#N)n1-c1ncc(CCC(F)(F)F)cc1OC. The van der Waals surface area contributed by atoms with Crippen molar-refractivity contribution in [1.82, 2.24) is 19.9 Å². The summed E-state index contributed by atoms with van der Waals surface area (Å²) < 4.78 is 68.1. The molecule has 3 rings (SSSR count). The number of alkyl halides is 3. The van der Waals surface area contributed by atoms with Gasteiger partial charge in [0.25, 0.3) is 5.91 Å². The molecular weight excluding hydrogens is 527 g/mol. The molecule has 1 amide bonds. The van der Waals surface area contributed by atoms with E-state index in [4.69, 9.17) is 4.74 Å². The number of ether oxygens (including phenoxy) is 1. The first-order valence-electron chi connectivity index (χ1n) is 12.0. The summed E-state index contributed by atoms with van der Waals surface area (Å²) in [4.78, 5) is 21.6. The van der Waals surface area contributed by atoms with Crippen LogP contribution in [-0.2, 0) is 22.7 Å². The van der Waals surface area contributed by atoms with Crippen LogP contribution < -0.4 is 10.1 Å².